The van der Waals surface area contributed by atoms with Gasteiger partial charge in [-0.3, -0.25) is 9.59 Å². The molecule has 4 atom stereocenters. The summed E-state index contributed by atoms with van der Waals surface area (Å²) in [6, 6.07) is 16.5. The highest BCUT2D eigenvalue weighted by atomic mass is 16.2. The molecule has 4 unspecified atom stereocenters. The summed E-state index contributed by atoms with van der Waals surface area (Å²) < 4.78 is 3.07. The van der Waals surface area contributed by atoms with Crippen molar-refractivity contribution in [3.63, 3.8) is 0 Å². The van der Waals surface area contributed by atoms with E-state index in [2.05, 4.69) is 85.4 Å². The Labute approximate surface area is 480 Å². The summed E-state index contributed by atoms with van der Waals surface area (Å²) >= 11 is 0. The molecule has 0 radical (unpaired) electrons. The highest BCUT2D eigenvalue weighted by Crippen LogP contribution is 2.40. The van der Waals surface area contributed by atoms with Gasteiger partial charge in [-0.25, -0.2) is 9.97 Å². The zero-order valence-corrected chi connectivity index (χ0v) is 51.6. The van der Waals surface area contributed by atoms with Crippen LogP contribution in [0.2, 0.25) is 0 Å². The van der Waals surface area contributed by atoms with Crippen LogP contribution in [-0.4, -0.2) is 77.3 Å². The number of hydrogen-bond donors (Lipinski definition) is 2. The number of carbonyl (C=O) groups excluding carboxylic acids is 2. The van der Waals surface area contributed by atoms with Crippen LogP contribution in [-0.2, 0) is 10.8 Å². The highest BCUT2D eigenvalue weighted by Gasteiger charge is 2.31. The molecular formula is C64H100N14O2. The maximum absolute atomic E-state index is 14.2. The first-order chi connectivity index (χ1) is 38.2. The minimum atomic E-state index is -0.479. The number of nitrogens with zero attached hydrogens (tertiary/aromatic N) is 12. The summed E-state index contributed by atoms with van der Waals surface area (Å²) in [7, 11) is 0. The first kappa shape index (κ1) is 64.5. The van der Waals surface area contributed by atoms with E-state index >= 15 is 0 Å². The van der Waals surface area contributed by atoms with Gasteiger partial charge in [-0.05, 0) is 97.9 Å². The summed E-state index contributed by atoms with van der Waals surface area (Å²) in [6.45, 7) is 33.2. The predicted molar refractivity (Wildman–Crippen MR) is 329 cm³/mol. The molecule has 0 aliphatic heterocycles. The van der Waals surface area contributed by atoms with Gasteiger partial charge in [-0.2, -0.15) is 29.8 Å². The monoisotopic (exact) mass is 1100 g/mol. The van der Waals surface area contributed by atoms with E-state index in [1.165, 1.54) is 41.4 Å². The standard InChI is InChI=1S/C64H100N14O2/c1-15-23-27-45(19-5)40-75(41-46(20-6)28-24-16-2)61(79)49-31-35-51(36-32-49)69-71-55-57(63(9,10)11)73-77(59(55)65)53-39-54(68-44-67-53)78-60(66)56(58(74-78)64(12,13)14)72-70-52-37-33-50(34-38-52)62(80)76(42-47(21-7)29-25-17-3)43-48(22-8)30-26-18-4/h31-39,44-48H,15-30,40-43,65-66H2,1-14H3. The number of anilines is 2. The van der Waals surface area contributed by atoms with E-state index in [1.54, 1.807) is 6.07 Å². The van der Waals surface area contributed by atoms with Crippen LogP contribution in [0.15, 0.2) is 81.4 Å². The molecule has 0 bridgehead atoms. The van der Waals surface area contributed by atoms with E-state index in [0.29, 0.717) is 80.6 Å². The Morgan fingerprint density at radius 3 is 1.05 bits per heavy atom. The predicted octanol–water partition coefficient (Wildman–Crippen LogP) is 17.2. The molecule has 80 heavy (non-hydrogen) atoms. The molecule has 0 aliphatic carbocycles. The quantitative estimate of drug-likeness (QED) is 0.0396. The topological polar surface area (TPSA) is 204 Å². The van der Waals surface area contributed by atoms with Gasteiger partial charge in [0.1, 0.15) is 6.33 Å². The average Bonchev–Trinajstić information content (AvgIpc) is 4.01. The fourth-order valence-corrected chi connectivity index (χ4v) is 10.3. The lowest BCUT2D eigenvalue weighted by molar-refractivity contribution is 0.0678. The molecule has 2 amide bonds. The van der Waals surface area contributed by atoms with Crippen LogP contribution >= 0.6 is 0 Å². The highest BCUT2D eigenvalue weighted by molar-refractivity contribution is 5.95. The van der Waals surface area contributed by atoms with Gasteiger partial charge in [0, 0.05) is 54.2 Å². The second-order valence-electron chi connectivity index (χ2n) is 24.3. The van der Waals surface area contributed by atoms with Crippen molar-refractivity contribution >= 4 is 46.2 Å². The third kappa shape index (κ3) is 17.8. The number of hydrogen-bond acceptors (Lipinski definition) is 12. The third-order valence-corrected chi connectivity index (χ3v) is 15.7. The fraction of sp³-hybridized carbons (Fsp3) is 0.625. The summed E-state index contributed by atoms with van der Waals surface area (Å²) in [5, 5.41) is 28.6. The van der Waals surface area contributed by atoms with Crippen LogP contribution in [0.1, 0.15) is 232 Å². The SMILES string of the molecule is CCCCC(CC)CN(CC(CC)CCCC)C(=O)c1ccc(N=Nc2c(C(C)(C)C)nn(-c3cc(-n4nc(C(C)(C)C)c(N=Nc5ccc(C(=O)N(CC(CC)CCCC)CC(CC)CCCC)cc5)c4N)ncn3)c2N)cc1. The van der Waals surface area contributed by atoms with Crippen molar-refractivity contribution in [1.29, 1.82) is 0 Å². The molecular weight excluding hydrogens is 997 g/mol. The Kier molecular flexibility index (Phi) is 25.0. The number of rotatable bonds is 32. The van der Waals surface area contributed by atoms with Crippen LogP contribution in [0.4, 0.5) is 34.4 Å². The van der Waals surface area contributed by atoms with Gasteiger partial charge >= 0.3 is 0 Å². The van der Waals surface area contributed by atoms with Crippen molar-refractivity contribution in [2.24, 2.45) is 44.1 Å². The zero-order chi connectivity index (χ0) is 58.6. The molecule has 0 saturated heterocycles. The fourth-order valence-electron chi connectivity index (χ4n) is 10.3. The summed E-state index contributed by atoms with van der Waals surface area (Å²) in [5.41, 5.74) is 17.4. The van der Waals surface area contributed by atoms with Gasteiger partial charge in [-0.1, -0.05) is 174 Å². The van der Waals surface area contributed by atoms with Crippen molar-refractivity contribution in [3.05, 3.63) is 83.4 Å². The lowest BCUT2D eigenvalue weighted by atomic mass is 9.91. The van der Waals surface area contributed by atoms with Crippen LogP contribution in [0.3, 0.4) is 0 Å². The van der Waals surface area contributed by atoms with Crippen molar-refractivity contribution < 1.29 is 9.59 Å². The van der Waals surface area contributed by atoms with E-state index in [9.17, 15) is 9.59 Å². The van der Waals surface area contributed by atoms with E-state index in [4.69, 9.17) is 31.9 Å². The van der Waals surface area contributed by atoms with Crippen molar-refractivity contribution in [1.82, 2.24) is 39.3 Å². The van der Waals surface area contributed by atoms with Crippen molar-refractivity contribution in [3.8, 4) is 11.6 Å². The Morgan fingerprint density at radius 2 is 0.787 bits per heavy atom. The summed E-state index contributed by atoms with van der Waals surface area (Å²) in [6.07, 6.45) is 19.4. The van der Waals surface area contributed by atoms with Gasteiger partial charge in [0.25, 0.3) is 11.8 Å². The number of amides is 2. The number of nitrogen functional groups attached to an aromatic ring is 2. The molecule has 5 rings (SSSR count). The smallest absolute Gasteiger partial charge is 0.253 e. The molecule has 3 heterocycles. The molecule has 0 fully saturated rings. The summed E-state index contributed by atoms with van der Waals surface area (Å²) in [5.74, 6) is 3.22. The minimum absolute atomic E-state index is 0.0596. The molecule has 4 N–H and O–H groups in total. The Morgan fingerprint density at radius 1 is 0.487 bits per heavy atom. The van der Waals surface area contributed by atoms with E-state index in [1.807, 2.05) is 90.1 Å². The molecule has 2 aromatic carbocycles. The lowest BCUT2D eigenvalue weighted by Gasteiger charge is -2.31. The van der Waals surface area contributed by atoms with Crippen LogP contribution in [0.5, 0.6) is 0 Å². The van der Waals surface area contributed by atoms with E-state index in [-0.39, 0.29) is 23.5 Å². The molecule has 16 nitrogen and oxygen atoms in total. The first-order valence-electron chi connectivity index (χ1n) is 30.5. The normalized spacial score (nSPS) is 13.8. The van der Waals surface area contributed by atoms with Gasteiger partial charge in [0.2, 0.25) is 0 Å². The number of aromatic nitrogens is 6. The Bertz CT molecular complexity index is 2530. The maximum atomic E-state index is 14.2. The Hall–Kier alpha value is -6.32. The number of benzene rings is 2. The second kappa shape index (κ2) is 31.0. The number of carbonyl (C=O) groups is 2. The molecule has 16 heteroatoms. The van der Waals surface area contributed by atoms with E-state index < -0.39 is 10.8 Å². The largest absolute Gasteiger partial charge is 0.382 e. The minimum Gasteiger partial charge on any atom is -0.382 e. The number of nitrogens with two attached hydrogens (primary N) is 2. The van der Waals surface area contributed by atoms with Crippen LogP contribution < -0.4 is 11.5 Å². The van der Waals surface area contributed by atoms with Crippen LogP contribution in [0.25, 0.3) is 11.6 Å². The van der Waals surface area contributed by atoms with E-state index in [0.717, 1.165) is 103 Å². The summed E-state index contributed by atoms with van der Waals surface area (Å²) in [4.78, 5) is 41.9. The van der Waals surface area contributed by atoms with Crippen molar-refractivity contribution in [2.75, 3.05) is 37.6 Å². The number of unbranched alkanes of at least 4 members (excludes halogenated alkanes) is 4. The number of azo groups is 2. The molecule has 0 spiro atoms. The maximum Gasteiger partial charge on any atom is 0.253 e. The second-order valence-corrected chi connectivity index (χ2v) is 24.3. The molecule has 3 aromatic heterocycles. The molecule has 5 aromatic rings. The van der Waals surface area contributed by atoms with Crippen molar-refractivity contribution in [2.45, 2.75) is 210 Å². The lowest BCUT2D eigenvalue weighted by Crippen LogP contribution is -2.39. The third-order valence-electron chi connectivity index (χ3n) is 15.7. The molecule has 0 aliphatic rings. The molecule has 438 valence electrons. The Balaban J connectivity index is 1.41. The first-order valence-corrected chi connectivity index (χ1v) is 30.5. The van der Waals surface area contributed by atoms with Crippen LogP contribution in [0, 0.1) is 23.7 Å². The average molecular weight is 1100 g/mol. The van der Waals surface area contributed by atoms with Gasteiger partial charge in [-0.15, -0.1) is 10.2 Å². The zero-order valence-electron chi connectivity index (χ0n) is 51.6. The molecule has 0 saturated carbocycles. The van der Waals surface area contributed by atoms with Gasteiger partial charge < -0.3 is 21.3 Å². The van der Waals surface area contributed by atoms with Gasteiger partial charge in [0.05, 0.1) is 22.8 Å². The van der Waals surface area contributed by atoms with Gasteiger partial charge in [0.15, 0.2) is 34.6 Å².